The van der Waals surface area contributed by atoms with Crippen LogP contribution in [0, 0.1) is 0 Å². The number of hydrogen-bond donors (Lipinski definition) is 0. The lowest BCUT2D eigenvalue weighted by Crippen LogP contribution is -2.01. The van der Waals surface area contributed by atoms with E-state index in [1.807, 2.05) is 36.4 Å². The standard InChI is InChI=1S/C16H11BrOS/c17-16-9-8-15(19-16)14(18)10-12-6-3-5-11-4-1-2-7-13(11)12/h1-9H,10H2. The third-order valence-corrected chi connectivity index (χ3v) is 4.74. The average Bonchev–Trinajstić information content (AvgIpc) is 2.86. The Morgan fingerprint density at radius 1 is 1.00 bits per heavy atom. The van der Waals surface area contributed by atoms with Crippen molar-refractivity contribution in [1.82, 2.24) is 0 Å². The molecule has 0 aliphatic rings. The number of ketones is 1. The molecule has 1 heterocycles. The topological polar surface area (TPSA) is 17.1 Å². The molecule has 0 spiro atoms. The normalized spacial score (nSPS) is 10.8. The van der Waals surface area contributed by atoms with Gasteiger partial charge in [0.05, 0.1) is 8.66 Å². The Balaban J connectivity index is 1.95. The van der Waals surface area contributed by atoms with Gasteiger partial charge < -0.3 is 0 Å². The zero-order valence-electron chi connectivity index (χ0n) is 10.1. The van der Waals surface area contributed by atoms with E-state index in [9.17, 15) is 4.79 Å². The average molecular weight is 331 g/mol. The molecule has 3 aromatic rings. The molecule has 0 saturated heterocycles. The minimum absolute atomic E-state index is 0.173. The van der Waals surface area contributed by atoms with Crippen molar-refractivity contribution in [3.8, 4) is 0 Å². The fourth-order valence-electron chi connectivity index (χ4n) is 2.17. The van der Waals surface area contributed by atoms with Crippen molar-refractivity contribution in [1.29, 1.82) is 0 Å². The molecular weight excluding hydrogens is 320 g/mol. The van der Waals surface area contributed by atoms with Gasteiger partial charge >= 0.3 is 0 Å². The van der Waals surface area contributed by atoms with Crippen molar-refractivity contribution in [2.45, 2.75) is 6.42 Å². The first kappa shape index (κ1) is 12.6. The second-order valence-corrected chi connectivity index (χ2v) is 6.80. The first-order valence-corrected chi connectivity index (χ1v) is 7.60. The summed E-state index contributed by atoms with van der Waals surface area (Å²) in [4.78, 5) is 13.1. The summed E-state index contributed by atoms with van der Waals surface area (Å²) in [7, 11) is 0. The van der Waals surface area contributed by atoms with Crippen LogP contribution in [0.25, 0.3) is 10.8 Å². The maximum absolute atomic E-state index is 12.3. The van der Waals surface area contributed by atoms with Crippen molar-refractivity contribution < 1.29 is 4.79 Å². The van der Waals surface area contributed by atoms with Gasteiger partial charge in [0.1, 0.15) is 0 Å². The van der Waals surface area contributed by atoms with Crippen LogP contribution in [0.3, 0.4) is 0 Å². The largest absolute Gasteiger partial charge is 0.293 e. The van der Waals surface area contributed by atoms with Crippen LogP contribution in [0.15, 0.2) is 58.4 Å². The second kappa shape index (κ2) is 5.27. The van der Waals surface area contributed by atoms with Gasteiger partial charge in [0.15, 0.2) is 5.78 Å². The summed E-state index contributed by atoms with van der Waals surface area (Å²) in [6.07, 6.45) is 0.453. The zero-order chi connectivity index (χ0) is 13.2. The van der Waals surface area contributed by atoms with Gasteiger partial charge in [-0.2, -0.15) is 0 Å². The number of benzene rings is 2. The van der Waals surface area contributed by atoms with Gasteiger partial charge in [-0.3, -0.25) is 4.79 Å². The summed E-state index contributed by atoms with van der Waals surface area (Å²) in [5, 5.41) is 2.34. The molecule has 0 bridgehead atoms. The molecule has 19 heavy (non-hydrogen) atoms. The minimum atomic E-state index is 0.173. The van der Waals surface area contributed by atoms with Crippen molar-refractivity contribution in [3.05, 3.63) is 68.8 Å². The van der Waals surface area contributed by atoms with Crippen molar-refractivity contribution in [2.75, 3.05) is 0 Å². The molecule has 3 rings (SSSR count). The highest BCUT2D eigenvalue weighted by molar-refractivity contribution is 9.11. The molecule has 2 aromatic carbocycles. The predicted octanol–water partition coefficient (Wildman–Crippen LogP) is 5.09. The number of carbonyl (C=O) groups excluding carboxylic acids is 1. The second-order valence-electron chi connectivity index (χ2n) is 4.34. The molecule has 1 nitrogen and oxygen atoms in total. The fraction of sp³-hybridized carbons (Fsp3) is 0.0625. The van der Waals surface area contributed by atoms with Crippen molar-refractivity contribution in [2.24, 2.45) is 0 Å². The fourth-order valence-corrected chi connectivity index (χ4v) is 3.49. The van der Waals surface area contributed by atoms with E-state index < -0.39 is 0 Å². The minimum Gasteiger partial charge on any atom is -0.293 e. The highest BCUT2D eigenvalue weighted by atomic mass is 79.9. The van der Waals surface area contributed by atoms with Gasteiger partial charge in [0.25, 0.3) is 0 Å². The van der Waals surface area contributed by atoms with E-state index in [4.69, 9.17) is 0 Å². The number of fused-ring (bicyclic) bond motifs is 1. The van der Waals surface area contributed by atoms with E-state index in [2.05, 4.69) is 34.1 Å². The maximum Gasteiger partial charge on any atom is 0.177 e. The van der Waals surface area contributed by atoms with E-state index in [0.717, 1.165) is 19.6 Å². The number of thiophene rings is 1. The molecule has 0 unspecified atom stereocenters. The Bertz CT molecular complexity index is 740. The molecule has 0 aliphatic carbocycles. The molecule has 0 amide bonds. The summed E-state index contributed by atoms with van der Waals surface area (Å²) >= 11 is 4.88. The molecule has 94 valence electrons. The van der Waals surface area contributed by atoms with Gasteiger partial charge in [-0.25, -0.2) is 0 Å². The van der Waals surface area contributed by atoms with Crippen LogP contribution in [0.4, 0.5) is 0 Å². The third-order valence-electron chi connectivity index (χ3n) is 3.08. The van der Waals surface area contributed by atoms with Gasteiger partial charge in [-0.05, 0) is 44.4 Å². The van der Waals surface area contributed by atoms with Crippen molar-refractivity contribution in [3.63, 3.8) is 0 Å². The van der Waals surface area contributed by atoms with Crippen molar-refractivity contribution >= 4 is 43.8 Å². The summed E-state index contributed by atoms with van der Waals surface area (Å²) in [5.74, 6) is 0.173. The van der Waals surface area contributed by atoms with E-state index in [1.54, 1.807) is 0 Å². The Kier molecular flexibility index (Phi) is 3.49. The van der Waals surface area contributed by atoms with E-state index in [1.165, 1.54) is 16.7 Å². The molecule has 0 atom stereocenters. The molecular formula is C16H11BrOS. The van der Waals surface area contributed by atoms with Crippen LogP contribution in [0.2, 0.25) is 0 Å². The lowest BCUT2D eigenvalue weighted by molar-refractivity contribution is 0.0997. The highest BCUT2D eigenvalue weighted by Crippen LogP contribution is 2.25. The van der Waals surface area contributed by atoms with Crippen LogP contribution in [-0.2, 0) is 6.42 Å². The van der Waals surface area contributed by atoms with E-state index >= 15 is 0 Å². The molecule has 1 aromatic heterocycles. The Hall–Kier alpha value is -1.45. The van der Waals surface area contributed by atoms with Gasteiger partial charge in [0.2, 0.25) is 0 Å². The molecule has 0 fully saturated rings. The summed E-state index contributed by atoms with van der Waals surface area (Å²) in [5.41, 5.74) is 1.09. The Morgan fingerprint density at radius 3 is 2.58 bits per heavy atom. The molecule has 0 saturated carbocycles. The van der Waals surface area contributed by atoms with Crippen LogP contribution >= 0.6 is 27.3 Å². The van der Waals surface area contributed by atoms with Crippen LogP contribution in [0.5, 0.6) is 0 Å². The first-order valence-electron chi connectivity index (χ1n) is 5.99. The van der Waals surface area contributed by atoms with Gasteiger partial charge in [0, 0.05) is 6.42 Å². The van der Waals surface area contributed by atoms with Crippen LogP contribution < -0.4 is 0 Å². The lowest BCUT2D eigenvalue weighted by atomic mass is 10.00. The molecule has 0 aliphatic heterocycles. The maximum atomic E-state index is 12.3. The molecule has 0 radical (unpaired) electrons. The number of halogens is 1. The summed E-state index contributed by atoms with van der Waals surface area (Å²) in [6.45, 7) is 0. The van der Waals surface area contributed by atoms with Crippen LogP contribution in [0.1, 0.15) is 15.2 Å². The summed E-state index contributed by atoms with van der Waals surface area (Å²) < 4.78 is 0.994. The molecule has 3 heteroatoms. The lowest BCUT2D eigenvalue weighted by Gasteiger charge is -2.05. The zero-order valence-corrected chi connectivity index (χ0v) is 12.5. The Labute approximate surface area is 124 Å². The highest BCUT2D eigenvalue weighted by Gasteiger charge is 2.11. The first-order chi connectivity index (χ1) is 9.24. The number of rotatable bonds is 3. The quantitative estimate of drug-likeness (QED) is 0.611. The summed E-state index contributed by atoms with van der Waals surface area (Å²) in [6, 6.07) is 18.1. The third kappa shape index (κ3) is 2.62. The smallest absolute Gasteiger partial charge is 0.177 e. The monoisotopic (exact) mass is 330 g/mol. The van der Waals surface area contributed by atoms with Gasteiger partial charge in [-0.15, -0.1) is 11.3 Å². The number of hydrogen-bond acceptors (Lipinski definition) is 2. The molecule has 0 N–H and O–H groups in total. The number of carbonyl (C=O) groups is 1. The predicted molar refractivity (Wildman–Crippen MR) is 84.0 cm³/mol. The Morgan fingerprint density at radius 2 is 1.79 bits per heavy atom. The SMILES string of the molecule is O=C(Cc1cccc2ccccc12)c1ccc(Br)s1. The van der Waals surface area contributed by atoms with Gasteiger partial charge in [-0.1, -0.05) is 42.5 Å². The van der Waals surface area contributed by atoms with E-state index in [-0.39, 0.29) is 5.78 Å². The number of Topliss-reactive ketones (excluding diaryl/α,β-unsaturated/α-hetero) is 1. The van der Waals surface area contributed by atoms with Crippen LogP contribution in [-0.4, -0.2) is 5.78 Å². The van der Waals surface area contributed by atoms with E-state index in [0.29, 0.717) is 6.42 Å².